The number of carbonyl (C=O) groups is 1. The lowest BCUT2D eigenvalue weighted by atomic mass is 9.68. The molecule has 0 heterocycles. The predicted octanol–water partition coefficient (Wildman–Crippen LogP) is 4.23. The van der Waals surface area contributed by atoms with E-state index in [9.17, 15) is 4.79 Å². The Morgan fingerprint density at radius 2 is 2.06 bits per heavy atom. The van der Waals surface area contributed by atoms with Crippen molar-refractivity contribution in [2.24, 2.45) is 11.3 Å². The third kappa shape index (κ3) is 4.25. The maximum absolute atomic E-state index is 12.7. The van der Waals surface area contributed by atoms with Gasteiger partial charge in [-0.3, -0.25) is 4.79 Å². The molecule has 1 aliphatic carbocycles. The summed E-state index contributed by atoms with van der Waals surface area (Å²) in [6, 6.07) is 0. The summed E-state index contributed by atoms with van der Waals surface area (Å²) in [6.45, 7) is 8.49. The van der Waals surface area contributed by atoms with Gasteiger partial charge in [0.1, 0.15) is 0 Å². The molecule has 0 bridgehead atoms. The summed E-state index contributed by atoms with van der Waals surface area (Å²) in [7, 11) is 0. The number of hydrogen-bond acceptors (Lipinski definition) is 1. The number of alkyl halides is 1. The van der Waals surface area contributed by atoms with E-state index in [2.05, 4.69) is 41.6 Å². The first-order valence-corrected chi connectivity index (χ1v) is 8.50. The second-order valence-electron chi connectivity index (χ2n) is 6.15. The minimum absolute atomic E-state index is 0.187. The van der Waals surface area contributed by atoms with Crippen LogP contribution >= 0.6 is 15.9 Å². The van der Waals surface area contributed by atoms with Crippen molar-refractivity contribution in [3.63, 3.8) is 0 Å². The van der Waals surface area contributed by atoms with Gasteiger partial charge in [0, 0.05) is 24.3 Å². The van der Waals surface area contributed by atoms with Crippen molar-refractivity contribution in [3.05, 3.63) is 0 Å². The summed E-state index contributed by atoms with van der Waals surface area (Å²) in [5.41, 5.74) is 0.187. The molecular formula is C15H28BrNO. The molecule has 0 aliphatic heterocycles. The summed E-state index contributed by atoms with van der Waals surface area (Å²) in [5, 5.41) is 0.885. The van der Waals surface area contributed by atoms with E-state index >= 15 is 0 Å². The van der Waals surface area contributed by atoms with Crippen LogP contribution in [-0.4, -0.2) is 29.2 Å². The molecule has 1 unspecified atom stereocenters. The molecule has 2 nitrogen and oxygen atoms in total. The monoisotopic (exact) mass is 317 g/mol. The van der Waals surface area contributed by atoms with Gasteiger partial charge in [-0.1, -0.05) is 56.0 Å². The molecule has 106 valence electrons. The highest BCUT2D eigenvalue weighted by atomic mass is 79.9. The second-order valence-corrected chi connectivity index (χ2v) is 6.95. The van der Waals surface area contributed by atoms with Gasteiger partial charge in [-0.2, -0.15) is 0 Å². The van der Waals surface area contributed by atoms with E-state index in [-0.39, 0.29) is 11.3 Å². The van der Waals surface area contributed by atoms with Crippen LogP contribution in [0.2, 0.25) is 0 Å². The van der Waals surface area contributed by atoms with Crippen LogP contribution in [0, 0.1) is 11.3 Å². The SMILES string of the molecule is CCCCN(CCBr)C(=O)C1CCCCC1(C)C. The molecule has 1 fully saturated rings. The van der Waals surface area contributed by atoms with Gasteiger partial charge in [-0.15, -0.1) is 0 Å². The third-order valence-corrected chi connectivity index (χ3v) is 4.61. The van der Waals surface area contributed by atoms with Crippen molar-refractivity contribution in [2.75, 3.05) is 18.4 Å². The van der Waals surface area contributed by atoms with Gasteiger partial charge < -0.3 is 4.90 Å². The summed E-state index contributed by atoms with van der Waals surface area (Å²) in [4.78, 5) is 14.8. The zero-order valence-electron chi connectivity index (χ0n) is 12.2. The Morgan fingerprint density at radius 1 is 1.33 bits per heavy atom. The number of carbonyl (C=O) groups excluding carboxylic acids is 1. The van der Waals surface area contributed by atoms with Crippen molar-refractivity contribution in [1.29, 1.82) is 0 Å². The summed E-state index contributed by atoms with van der Waals surface area (Å²) in [6.07, 6.45) is 7.04. The van der Waals surface area contributed by atoms with Crippen LogP contribution in [0.5, 0.6) is 0 Å². The van der Waals surface area contributed by atoms with Crippen LogP contribution in [0.1, 0.15) is 59.3 Å². The highest BCUT2D eigenvalue weighted by Crippen LogP contribution is 2.41. The fourth-order valence-electron chi connectivity index (χ4n) is 2.96. The van der Waals surface area contributed by atoms with Gasteiger partial charge in [-0.05, 0) is 24.7 Å². The zero-order chi connectivity index (χ0) is 13.6. The van der Waals surface area contributed by atoms with Gasteiger partial charge in [-0.25, -0.2) is 0 Å². The Morgan fingerprint density at radius 3 is 2.61 bits per heavy atom. The Balaban J connectivity index is 2.67. The fourth-order valence-corrected chi connectivity index (χ4v) is 3.38. The summed E-state index contributed by atoms with van der Waals surface area (Å²) >= 11 is 3.47. The Labute approximate surface area is 121 Å². The molecule has 18 heavy (non-hydrogen) atoms. The average molecular weight is 318 g/mol. The highest BCUT2D eigenvalue weighted by molar-refractivity contribution is 9.09. The van der Waals surface area contributed by atoms with Crippen molar-refractivity contribution in [3.8, 4) is 0 Å². The lowest BCUT2D eigenvalue weighted by Gasteiger charge is -2.40. The van der Waals surface area contributed by atoms with Crippen molar-refractivity contribution in [2.45, 2.75) is 59.3 Å². The number of rotatable bonds is 6. The standard InChI is InChI=1S/C15H28BrNO/c1-4-5-11-17(12-10-16)14(18)13-8-6-7-9-15(13,2)3/h13H,4-12H2,1-3H3. The first kappa shape index (κ1) is 16.0. The number of nitrogens with zero attached hydrogens (tertiary/aromatic N) is 1. The van der Waals surface area contributed by atoms with E-state index < -0.39 is 0 Å². The molecule has 1 aliphatic rings. The van der Waals surface area contributed by atoms with Crippen molar-refractivity contribution in [1.82, 2.24) is 4.90 Å². The van der Waals surface area contributed by atoms with Gasteiger partial charge in [0.2, 0.25) is 5.91 Å². The minimum Gasteiger partial charge on any atom is -0.342 e. The van der Waals surface area contributed by atoms with E-state index in [1.54, 1.807) is 0 Å². The van der Waals surface area contributed by atoms with Crippen LogP contribution in [0.15, 0.2) is 0 Å². The number of halogens is 1. The van der Waals surface area contributed by atoms with E-state index in [0.29, 0.717) is 5.91 Å². The Kier molecular flexibility index (Phi) is 6.68. The van der Waals surface area contributed by atoms with Crippen LogP contribution in [-0.2, 0) is 4.79 Å². The molecule has 0 spiro atoms. The highest BCUT2D eigenvalue weighted by Gasteiger charge is 2.38. The Bertz CT molecular complexity index is 265. The number of hydrogen-bond donors (Lipinski definition) is 0. The molecule has 1 amide bonds. The number of unbranched alkanes of at least 4 members (excludes halogenated alkanes) is 1. The fraction of sp³-hybridized carbons (Fsp3) is 0.933. The largest absolute Gasteiger partial charge is 0.342 e. The van der Waals surface area contributed by atoms with Crippen LogP contribution in [0.25, 0.3) is 0 Å². The van der Waals surface area contributed by atoms with Crippen LogP contribution in [0.3, 0.4) is 0 Å². The first-order chi connectivity index (χ1) is 8.53. The molecule has 0 aromatic rings. The van der Waals surface area contributed by atoms with Crippen LogP contribution in [0.4, 0.5) is 0 Å². The Hall–Kier alpha value is -0.0500. The molecule has 0 N–H and O–H groups in total. The van der Waals surface area contributed by atoms with Gasteiger partial charge >= 0.3 is 0 Å². The lowest BCUT2D eigenvalue weighted by Crippen LogP contribution is -2.44. The molecule has 1 atom stereocenters. The van der Waals surface area contributed by atoms with Crippen LogP contribution < -0.4 is 0 Å². The first-order valence-electron chi connectivity index (χ1n) is 7.37. The lowest BCUT2D eigenvalue weighted by molar-refractivity contribution is -0.141. The van der Waals surface area contributed by atoms with E-state index in [0.717, 1.165) is 37.7 Å². The minimum atomic E-state index is 0.187. The third-order valence-electron chi connectivity index (χ3n) is 4.25. The maximum atomic E-state index is 12.7. The summed E-state index contributed by atoms with van der Waals surface area (Å²) in [5.74, 6) is 0.634. The van der Waals surface area contributed by atoms with E-state index in [4.69, 9.17) is 0 Å². The maximum Gasteiger partial charge on any atom is 0.226 e. The molecule has 1 saturated carbocycles. The molecule has 0 radical (unpaired) electrons. The summed E-state index contributed by atoms with van der Waals surface area (Å²) < 4.78 is 0. The molecule has 3 heteroatoms. The predicted molar refractivity (Wildman–Crippen MR) is 81.0 cm³/mol. The second kappa shape index (κ2) is 7.52. The van der Waals surface area contributed by atoms with Gasteiger partial charge in [0.05, 0.1) is 0 Å². The normalized spacial score (nSPS) is 22.8. The molecule has 1 rings (SSSR count). The quantitative estimate of drug-likeness (QED) is 0.671. The topological polar surface area (TPSA) is 20.3 Å². The van der Waals surface area contributed by atoms with Crippen molar-refractivity contribution < 1.29 is 4.79 Å². The van der Waals surface area contributed by atoms with Crippen molar-refractivity contribution >= 4 is 21.8 Å². The molecule has 0 aromatic heterocycles. The van der Waals surface area contributed by atoms with E-state index in [1.165, 1.54) is 19.3 Å². The van der Waals surface area contributed by atoms with Gasteiger partial charge in [0.25, 0.3) is 0 Å². The smallest absolute Gasteiger partial charge is 0.226 e. The van der Waals surface area contributed by atoms with E-state index in [1.807, 2.05) is 0 Å². The molecular weight excluding hydrogens is 290 g/mol. The number of amides is 1. The van der Waals surface area contributed by atoms with Gasteiger partial charge in [0.15, 0.2) is 0 Å². The zero-order valence-corrected chi connectivity index (χ0v) is 13.8. The average Bonchev–Trinajstić information content (AvgIpc) is 2.33. The molecule has 0 aromatic carbocycles. The molecule has 0 saturated heterocycles.